The molecule has 0 aliphatic carbocycles. The van der Waals surface area contributed by atoms with Crippen molar-refractivity contribution in [3.8, 4) is 0 Å². The van der Waals surface area contributed by atoms with Crippen LogP contribution in [0.3, 0.4) is 0 Å². The third kappa shape index (κ3) is 2.71. The number of rotatable bonds is 2. The summed E-state index contributed by atoms with van der Waals surface area (Å²) in [5.41, 5.74) is 6.64. The monoisotopic (exact) mass is 287 g/mol. The van der Waals surface area contributed by atoms with E-state index in [0.29, 0.717) is 37.4 Å². The van der Waals surface area contributed by atoms with E-state index < -0.39 is 10.0 Å². The highest BCUT2D eigenvalue weighted by Crippen LogP contribution is 2.17. The lowest BCUT2D eigenvalue weighted by molar-refractivity contribution is 0.0698. The molecule has 1 saturated heterocycles. The fourth-order valence-electron chi connectivity index (χ4n) is 2.10. The summed E-state index contributed by atoms with van der Waals surface area (Å²) in [5.74, 6) is -0.0371. The predicted molar refractivity (Wildman–Crippen MR) is 70.1 cm³/mol. The van der Waals surface area contributed by atoms with E-state index in [1.54, 1.807) is 11.8 Å². The molecule has 106 valence electrons. The van der Waals surface area contributed by atoms with Crippen molar-refractivity contribution in [2.24, 2.45) is 0 Å². The van der Waals surface area contributed by atoms with Gasteiger partial charge in [0.1, 0.15) is 5.56 Å². The van der Waals surface area contributed by atoms with Crippen LogP contribution in [0.5, 0.6) is 0 Å². The van der Waals surface area contributed by atoms with Gasteiger partial charge in [0.15, 0.2) is 5.82 Å². The Morgan fingerprint density at radius 3 is 2.32 bits per heavy atom. The Morgan fingerprint density at radius 1 is 1.32 bits per heavy atom. The Bertz CT molecular complexity index is 567. The molecule has 2 rings (SSSR count). The number of aromatic nitrogens is 2. The quantitative estimate of drug-likeness (QED) is 0.726. The van der Waals surface area contributed by atoms with Gasteiger partial charge < -0.3 is 10.6 Å². The lowest BCUT2D eigenvalue weighted by Crippen LogP contribution is -2.50. The number of piperazine rings is 1. The minimum atomic E-state index is -3.19. The average molecular weight is 287 g/mol. The summed E-state index contributed by atoms with van der Waals surface area (Å²) in [6.07, 6.45) is 1.17. The van der Waals surface area contributed by atoms with Crippen molar-refractivity contribution in [3.05, 3.63) is 11.3 Å². The molecule has 8 nitrogen and oxygen atoms in total. The summed E-state index contributed by atoms with van der Waals surface area (Å²) in [6, 6.07) is 0. The van der Waals surface area contributed by atoms with Crippen molar-refractivity contribution in [3.63, 3.8) is 0 Å². The Balaban J connectivity index is 2.09. The number of nitrogens with zero attached hydrogens (tertiary/aromatic N) is 3. The number of H-pyrrole nitrogens is 1. The zero-order valence-corrected chi connectivity index (χ0v) is 11.7. The molecule has 1 aromatic rings. The predicted octanol–water partition coefficient (Wildman–Crippen LogP) is -0.982. The van der Waals surface area contributed by atoms with Gasteiger partial charge in [-0.25, -0.2) is 8.42 Å². The van der Waals surface area contributed by atoms with Crippen LogP contribution in [0.4, 0.5) is 5.82 Å². The van der Waals surface area contributed by atoms with Crippen molar-refractivity contribution in [2.45, 2.75) is 6.92 Å². The van der Waals surface area contributed by atoms with Crippen molar-refractivity contribution < 1.29 is 13.2 Å². The van der Waals surface area contributed by atoms with Crippen LogP contribution < -0.4 is 5.73 Å². The first-order valence-electron chi connectivity index (χ1n) is 5.85. The third-order valence-electron chi connectivity index (χ3n) is 3.18. The molecule has 1 fully saturated rings. The summed E-state index contributed by atoms with van der Waals surface area (Å²) in [5, 5.41) is 6.45. The highest BCUT2D eigenvalue weighted by molar-refractivity contribution is 7.88. The van der Waals surface area contributed by atoms with Gasteiger partial charge in [0.05, 0.1) is 6.26 Å². The third-order valence-corrected chi connectivity index (χ3v) is 4.49. The average Bonchev–Trinajstić information content (AvgIpc) is 2.67. The maximum Gasteiger partial charge on any atom is 0.259 e. The number of carbonyl (C=O) groups excluding carboxylic acids is 1. The standard InChI is InChI=1S/C10H17N5O3S/c1-7-8(9(11)13-12-7)10(16)14-3-5-15(6-4-14)19(2,17)18/h3-6H2,1-2H3,(H3,11,12,13). The fraction of sp³-hybridized carbons (Fsp3) is 0.600. The molecule has 0 unspecified atom stereocenters. The van der Waals surface area contributed by atoms with E-state index in [0.717, 1.165) is 0 Å². The van der Waals surface area contributed by atoms with Gasteiger partial charge in [-0.3, -0.25) is 9.89 Å². The van der Waals surface area contributed by atoms with E-state index in [1.807, 2.05) is 0 Å². The minimum absolute atomic E-state index is 0.174. The van der Waals surface area contributed by atoms with E-state index in [1.165, 1.54) is 10.6 Å². The van der Waals surface area contributed by atoms with Crippen LogP contribution in [0.2, 0.25) is 0 Å². The molecule has 0 radical (unpaired) electrons. The first-order chi connectivity index (χ1) is 8.80. The van der Waals surface area contributed by atoms with Gasteiger partial charge >= 0.3 is 0 Å². The Hall–Kier alpha value is -1.61. The molecule has 1 aliphatic heterocycles. The molecular weight excluding hydrogens is 270 g/mol. The normalized spacial score (nSPS) is 17.7. The van der Waals surface area contributed by atoms with E-state index >= 15 is 0 Å². The van der Waals surface area contributed by atoms with Crippen LogP contribution in [0.15, 0.2) is 0 Å². The van der Waals surface area contributed by atoms with E-state index in [9.17, 15) is 13.2 Å². The second-order valence-electron chi connectivity index (χ2n) is 4.56. The summed E-state index contributed by atoms with van der Waals surface area (Å²) in [4.78, 5) is 13.9. The highest BCUT2D eigenvalue weighted by Gasteiger charge is 2.28. The number of nitrogens with two attached hydrogens (primary N) is 1. The summed E-state index contributed by atoms with van der Waals surface area (Å²) >= 11 is 0. The number of sulfonamides is 1. The maximum absolute atomic E-state index is 12.3. The molecule has 1 aliphatic rings. The minimum Gasteiger partial charge on any atom is -0.382 e. The molecule has 3 N–H and O–H groups in total. The van der Waals surface area contributed by atoms with Crippen molar-refractivity contribution in [1.82, 2.24) is 19.4 Å². The molecule has 0 bridgehead atoms. The summed E-state index contributed by atoms with van der Waals surface area (Å²) < 4.78 is 24.1. The Kier molecular flexibility index (Phi) is 3.50. The zero-order chi connectivity index (χ0) is 14.2. The van der Waals surface area contributed by atoms with E-state index in [4.69, 9.17) is 5.73 Å². The topological polar surface area (TPSA) is 112 Å². The van der Waals surface area contributed by atoms with Gasteiger partial charge in [-0.15, -0.1) is 0 Å². The molecule has 1 aromatic heterocycles. The molecule has 0 spiro atoms. The van der Waals surface area contributed by atoms with Crippen molar-refractivity contribution >= 4 is 21.7 Å². The number of anilines is 1. The zero-order valence-electron chi connectivity index (χ0n) is 10.9. The molecule has 1 amide bonds. The summed E-state index contributed by atoms with van der Waals surface area (Å²) in [7, 11) is -3.19. The van der Waals surface area contributed by atoms with Gasteiger partial charge in [-0.05, 0) is 6.92 Å². The van der Waals surface area contributed by atoms with Crippen LogP contribution in [0.1, 0.15) is 16.1 Å². The number of carbonyl (C=O) groups is 1. The molecule has 0 saturated carbocycles. The number of aryl methyl sites for hydroxylation is 1. The summed E-state index contributed by atoms with van der Waals surface area (Å²) in [6.45, 7) is 3.05. The van der Waals surface area contributed by atoms with Gasteiger partial charge in [0, 0.05) is 31.9 Å². The molecule has 2 heterocycles. The van der Waals surface area contributed by atoms with Gasteiger partial charge in [-0.2, -0.15) is 9.40 Å². The lowest BCUT2D eigenvalue weighted by atomic mass is 10.2. The van der Waals surface area contributed by atoms with Crippen LogP contribution in [0, 0.1) is 6.92 Å². The van der Waals surface area contributed by atoms with Crippen molar-refractivity contribution in [2.75, 3.05) is 38.2 Å². The van der Waals surface area contributed by atoms with Crippen LogP contribution in [0.25, 0.3) is 0 Å². The Morgan fingerprint density at radius 2 is 1.89 bits per heavy atom. The van der Waals surface area contributed by atoms with Gasteiger partial charge in [0.2, 0.25) is 10.0 Å². The molecule has 19 heavy (non-hydrogen) atoms. The smallest absolute Gasteiger partial charge is 0.259 e. The van der Waals surface area contributed by atoms with Crippen molar-refractivity contribution in [1.29, 1.82) is 0 Å². The fourth-order valence-corrected chi connectivity index (χ4v) is 2.93. The molecular formula is C10H17N5O3S. The van der Waals surface area contributed by atoms with Gasteiger partial charge in [0.25, 0.3) is 5.91 Å². The first-order valence-corrected chi connectivity index (χ1v) is 7.70. The first kappa shape index (κ1) is 13.8. The lowest BCUT2D eigenvalue weighted by Gasteiger charge is -2.33. The largest absolute Gasteiger partial charge is 0.382 e. The number of amides is 1. The van der Waals surface area contributed by atoms with E-state index in [-0.39, 0.29) is 11.7 Å². The highest BCUT2D eigenvalue weighted by atomic mass is 32.2. The Labute approximate surface area is 111 Å². The SMILES string of the molecule is Cc1[nH]nc(N)c1C(=O)N1CCN(S(C)(=O)=O)CC1. The molecule has 9 heteroatoms. The second-order valence-corrected chi connectivity index (χ2v) is 6.55. The molecule has 0 atom stereocenters. The maximum atomic E-state index is 12.3. The van der Waals surface area contributed by atoms with E-state index in [2.05, 4.69) is 10.2 Å². The van der Waals surface area contributed by atoms with Gasteiger partial charge in [-0.1, -0.05) is 0 Å². The second kappa shape index (κ2) is 4.82. The number of nitrogens with one attached hydrogen (secondary N) is 1. The molecule has 0 aromatic carbocycles. The van der Waals surface area contributed by atoms with Crippen LogP contribution >= 0.6 is 0 Å². The van der Waals surface area contributed by atoms with Crippen LogP contribution in [-0.4, -0.2) is 66.2 Å². The number of aromatic amines is 1. The number of nitrogen functional groups attached to an aromatic ring is 1. The number of hydrogen-bond donors (Lipinski definition) is 2. The number of hydrogen-bond acceptors (Lipinski definition) is 5. The van der Waals surface area contributed by atoms with Crippen LogP contribution in [-0.2, 0) is 10.0 Å².